The number of likely N-dealkylation sites (tertiary alicyclic amines) is 1. The van der Waals surface area contributed by atoms with Crippen molar-refractivity contribution in [2.24, 2.45) is 0 Å². The molecule has 7 nitrogen and oxygen atoms in total. The van der Waals surface area contributed by atoms with Crippen molar-refractivity contribution in [3.63, 3.8) is 0 Å². The number of nitrogens with zero attached hydrogens (tertiary/aromatic N) is 3. The lowest BCUT2D eigenvalue weighted by atomic mass is 9.87. The molecule has 140 valence electrons. The Bertz CT molecular complexity index is 737. The van der Waals surface area contributed by atoms with Gasteiger partial charge in [0.25, 0.3) is 0 Å². The topological polar surface area (TPSA) is 76.8 Å². The van der Waals surface area contributed by atoms with E-state index in [2.05, 4.69) is 16.1 Å². The smallest absolute Gasteiger partial charge is 0.331 e. The quantitative estimate of drug-likeness (QED) is 0.816. The van der Waals surface area contributed by atoms with E-state index in [-0.39, 0.29) is 0 Å². The maximum absolute atomic E-state index is 11.9. The Morgan fingerprint density at radius 1 is 1.31 bits per heavy atom. The lowest BCUT2D eigenvalue weighted by molar-refractivity contribution is -0.151. The standard InChI is InChI=1S/C19H25N3O4/c1-25-14-16-12-15(4-5-17(16)26-2)13-21-10-6-19(7-11-21,18(23)24)22-9-3-8-20-22/h3-5,8-9,12H,6-7,10-11,13-14H2,1-2H3,(H,23,24). The summed E-state index contributed by atoms with van der Waals surface area (Å²) >= 11 is 0. The normalized spacial score (nSPS) is 17.2. The van der Waals surface area contributed by atoms with E-state index in [0.29, 0.717) is 32.5 Å². The summed E-state index contributed by atoms with van der Waals surface area (Å²) < 4.78 is 12.2. The van der Waals surface area contributed by atoms with Crippen molar-refractivity contribution in [1.29, 1.82) is 0 Å². The van der Waals surface area contributed by atoms with Gasteiger partial charge >= 0.3 is 5.97 Å². The first-order chi connectivity index (χ1) is 12.6. The zero-order chi connectivity index (χ0) is 18.6. The number of hydrogen-bond donors (Lipinski definition) is 1. The van der Waals surface area contributed by atoms with Gasteiger partial charge in [-0.05, 0) is 36.6 Å². The number of ether oxygens (including phenoxy) is 2. The van der Waals surface area contributed by atoms with Crippen LogP contribution >= 0.6 is 0 Å². The van der Waals surface area contributed by atoms with E-state index in [0.717, 1.165) is 17.9 Å². The Hall–Kier alpha value is -2.38. The Labute approximate surface area is 153 Å². The molecule has 7 heteroatoms. The highest BCUT2D eigenvalue weighted by Crippen LogP contribution is 2.31. The first-order valence-corrected chi connectivity index (χ1v) is 8.69. The monoisotopic (exact) mass is 359 g/mol. The fourth-order valence-corrected chi connectivity index (χ4v) is 3.60. The molecule has 0 aliphatic carbocycles. The molecule has 1 aromatic carbocycles. The van der Waals surface area contributed by atoms with Gasteiger partial charge in [0.2, 0.25) is 0 Å². The lowest BCUT2D eigenvalue weighted by Gasteiger charge is -2.39. The van der Waals surface area contributed by atoms with Gasteiger partial charge in [0, 0.05) is 44.7 Å². The third kappa shape index (κ3) is 3.59. The Balaban J connectivity index is 1.69. The second-order valence-corrected chi connectivity index (χ2v) is 6.64. The summed E-state index contributed by atoms with van der Waals surface area (Å²) in [5, 5.41) is 14.0. The molecule has 0 saturated carbocycles. The first-order valence-electron chi connectivity index (χ1n) is 8.69. The number of benzene rings is 1. The van der Waals surface area contributed by atoms with Gasteiger partial charge in [0.05, 0.1) is 13.7 Å². The van der Waals surface area contributed by atoms with E-state index >= 15 is 0 Å². The molecule has 1 aromatic heterocycles. The van der Waals surface area contributed by atoms with Crippen LogP contribution in [-0.4, -0.2) is 53.1 Å². The molecule has 1 saturated heterocycles. The number of carboxylic acid groups (broad SMARTS) is 1. The zero-order valence-corrected chi connectivity index (χ0v) is 15.2. The van der Waals surface area contributed by atoms with Crippen molar-refractivity contribution in [2.45, 2.75) is 31.5 Å². The molecule has 26 heavy (non-hydrogen) atoms. The minimum atomic E-state index is -0.943. The molecule has 3 rings (SSSR count). The number of aliphatic carboxylic acids is 1. The van der Waals surface area contributed by atoms with Crippen LogP contribution in [0, 0.1) is 0 Å². The molecule has 0 spiro atoms. The summed E-state index contributed by atoms with van der Waals surface area (Å²) in [7, 11) is 3.32. The third-order valence-corrected chi connectivity index (χ3v) is 5.08. The fourth-order valence-electron chi connectivity index (χ4n) is 3.60. The minimum absolute atomic E-state index is 0.498. The lowest BCUT2D eigenvalue weighted by Crippen LogP contribution is -2.51. The summed E-state index contributed by atoms with van der Waals surface area (Å²) in [5.74, 6) is 0.00509. The van der Waals surface area contributed by atoms with Crippen LogP contribution in [0.3, 0.4) is 0 Å². The van der Waals surface area contributed by atoms with Gasteiger partial charge in [-0.15, -0.1) is 0 Å². The van der Waals surface area contributed by atoms with Crippen LogP contribution in [0.2, 0.25) is 0 Å². The average Bonchev–Trinajstić information content (AvgIpc) is 3.18. The minimum Gasteiger partial charge on any atom is -0.496 e. The van der Waals surface area contributed by atoms with Gasteiger partial charge in [-0.3, -0.25) is 9.58 Å². The number of rotatable bonds is 7. The van der Waals surface area contributed by atoms with Crippen molar-refractivity contribution >= 4 is 5.97 Å². The van der Waals surface area contributed by atoms with Crippen LogP contribution in [0.5, 0.6) is 5.75 Å². The second kappa shape index (κ2) is 7.88. The van der Waals surface area contributed by atoms with Crippen molar-refractivity contribution < 1.29 is 19.4 Å². The van der Waals surface area contributed by atoms with Crippen LogP contribution < -0.4 is 4.74 Å². The molecule has 2 heterocycles. The molecule has 0 radical (unpaired) electrons. The van der Waals surface area contributed by atoms with Crippen molar-refractivity contribution in [1.82, 2.24) is 14.7 Å². The largest absolute Gasteiger partial charge is 0.496 e. The molecule has 1 N–H and O–H groups in total. The van der Waals surface area contributed by atoms with Crippen LogP contribution in [0.4, 0.5) is 0 Å². The first kappa shape index (κ1) is 18.4. The maximum Gasteiger partial charge on any atom is 0.331 e. The molecule has 2 aromatic rings. The predicted octanol–water partition coefficient (Wildman–Crippen LogP) is 2.11. The van der Waals surface area contributed by atoms with Gasteiger partial charge < -0.3 is 14.6 Å². The SMILES string of the molecule is COCc1cc(CN2CCC(C(=O)O)(n3cccn3)CC2)ccc1OC. The molecule has 1 aliphatic rings. The summed E-state index contributed by atoms with van der Waals surface area (Å²) in [6.07, 6.45) is 4.44. The maximum atomic E-state index is 11.9. The highest BCUT2D eigenvalue weighted by atomic mass is 16.5. The molecule has 0 atom stereocenters. The Morgan fingerprint density at radius 3 is 2.65 bits per heavy atom. The highest BCUT2D eigenvalue weighted by Gasteiger charge is 2.43. The van der Waals surface area contributed by atoms with Crippen molar-refractivity contribution in [2.75, 3.05) is 27.3 Å². The predicted molar refractivity (Wildman–Crippen MR) is 96.1 cm³/mol. The average molecular weight is 359 g/mol. The number of piperidine rings is 1. The zero-order valence-electron chi connectivity index (χ0n) is 15.2. The number of carboxylic acids is 1. The summed E-state index contributed by atoms with van der Waals surface area (Å²) in [6, 6.07) is 7.87. The molecule has 1 fully saturated rings. The molecular formula is C19H25N3O4. The Morgan fingerprint density at radius 2 is 2.08 bits per heavy atom. The van der Waals surface area contributed by atoms with E-state index in [1.807, 2.05) is 12.1 Å². The highest BCUT2D eigenvalue weighted by molar-refractivity contribution is 5.76. The van der Waals surface area contributed by atoms with Crippen LogP contribution in [0.1, 0.15) is 24.0 Å². The van der Waals surface area contributed by atoms with Gasteiger partial charge in [-0.2, -0.15) is 5.10 Å². The summed E-state index contributed by atoms with van der Waals surface area (Å²) in [5.41, 5.74) is 1.24. The van der Waals surface area contributed by atoms with Crippen LogP contribution in [0.15, 0.2) is 36.7 Å². The van der Waals surface area contributed by atoms with E-state index in [1.165, 1.54) is 5.56 Å². The molecule has 1 aliphatic heterocycles. The van der Waals surface area contributed by atoms with E-state index < -0.39 is 11.5 Å². The van der Waals surface area contributed by atoms with Crippen LogP contribution in [0.25, 0.3) is 0 Å². The third-order valence-electron chi connectivity index (χ3n) is 5.08. The molecule has 0 amide bonds. The van der Waals surface area contributed by atoms with Gasteiger partial charge in [0.15, 0.2) is 5.54 Å². The number of carbonyl (C=O) groups is 1. The van der Waals surface area contributed by atoms with Crippen molar-refractivity contribution in [3.8, 4) is 5.75 Å². The van der Waals surface area contributed by atoms with Crippen molar-refractivity contribution in [3.05, 3.63) is 47.8 Å². The number of aromatic nitrogens is 2. The van der Waals surface area contributed by atoms with Gasteiger partial charge in [-0.1, -0.05) is 6.07 Å². The van der Waals surface area contributed by atoms with Gasteiger partial charge in [-0.25, -0.2) is 4.79 Å². The summed E-state index contributed by atoms with van der Waals surface area (Å²) in [6.45, 7) is 2.68. The molecule has 0 unspecified atom stereocenters. The van der Waals surface area contributed by atoms with Gasteiger partial charge in [0.1, 0.15) is 5.75 Å². The van der Waals surface area contributed by atoms with E-state index in [9.17, 15) is 9.90 Å². The second-order valence-electron chi connectivity index (χ2n) is 6.64. The fraction of sp³-hybridized carbons (Fsp3) is 0.474. The van der Waals surface area contributed by atoms with E-state index in [4.69, 9.17) is 9.47 Å². The number of methoxy groups -OCH3 is 2. The van der Waals surface area contributed by atoms with E-state index in [1.54, 1.807) is 37.4 Å². The van der Waals surface area contributed by atoms with Crippen LogP contribution in [-0.2, 0) is 28.2 Å². The molecule has 0 bridgehead atoms. The summed E-state index contributed by atoms with van der Waals surface area (Å²) in [4.78, 5) is 14.2. The Kier molecular flexibility index (Phi) is 5.58. The number of hydrogen-bond acceptors (Lipinski definition) is 5. The molecular weight excluding hydrogens is 334 g/mol.